The number of hydrogen-bond acceptors (Lipinski definition) is 3. The molecule has 0 aliphatic carbocycles. The molecule has 6 heteroatoms. The van der Waals surface area contributed by atoms with Gasteiger partial charge in [-0.25, -0.2) is 0 Å². The average Bonchev–Trinajstić information content (AvgIpc) is 1.83. The average molecular weight is 261 g/mol. The molecule has 0 aromatic carbocycles. The van der Waals surface area contributed by atoms with Crippen LogP contribution in [0, 0.1) is 0 Å². The van der Waals surface area contributed by atoms with Gasteiger partial charge in [0, 0.05) is 0 Å². The summed E-state index contributed by atoms with van der Waals surface area (Å²) in [4.78, 5) is 2.12. The summed E-state index contributed by atoms with van der Waals surface area (Å²) in [5.41, 5.74) is 0. The molecule has 0 unspecified atom stereocenters. The summed E-state index contributed by atoms with van der Waals surface area (Å²) in [7, 11) is 13.6. The van der Waals surface area contributed by atoms with E-state index in [1.54, 1.807) is 0 Å². The standard InChI is InChI=1S/C5H11Cl2GeNO2/c1-9-2-4-10-8(6,7)11-5-3-9/h2-5H2,1H3. The third-order valence-electron chi connectivity index (χ3n) is 1.49. The number of hydrogen-bond donors (Lipinski definition) is 0. The maximum atomic E-state index is 5.79. The van der Waals surface area contributed by atoms with Gasteiger partial charge in [-0.1, -0.05) is 0 Å². The molecule has 1 saturated heterocycles. The molecule has 0 saturated carbocycles. The van der Waals surface area contributed by atoms with Crippen molar-refractivity contribution in [3.63, 3.8) is 0 Å². The van der Waals surface area contributed by atoms with Gasteiger partial charge in [0.1, 0.15) is 0 Å². The molecule has 1 rings (SSSR count). The van der Waals surface area contributed by atoms with Gasteiger partial charge < -0.3 is 0 Å². The molecule has 0 radical (unpaired) electrons. The summed E-state index contributed by atoms with van der Waals surface area (Å²) in [5, 5.41) is 0. The topological polar surface area (TPSA) is 21.7 Å². The first-order valence-corrected chi connectivity index (χ1v) is 10.7. The maximum absolute atomic E-state index is 5.79. The fraction of sp³-hybridized carbons (Fsp3) is 1.00. The molecule has 0 bridgehead atoms. The zero-order chi connectivity index (χ0) is 8.32. The normalized spacial score (nSPS) is 27.5. The Balaban J connectivity index is 2.35. The van der Waals surface area contributed by atoms with Crippen LogP contribution in [0.25, 0.3) is 0 Å². The number of rotatable bonds is 0. The molecule has 3 nitrogen and oxygen atoms in total. The van der Waals surface area contributed by atoms with Crippen molar-refractivity contribution >= 4 is 32.1 Å². The number of nitrogens with zero attached hydrogens (tertiary/aromatic N) is 1. The van der Waals surface area contributed by atoms with Crippen LogP contribution >= 0.6 is 20.0 Å². The Hall–Kier alpha value is 1.00. The molecule has 1 fully saturated rings. The van der Waals surface area contributed by atoms with Crippen LogP contribution in [0.2, 0.25) is 0 Å². The minimum absolute atomic E-state index is 0.573. The van der Waals surface area contributed by atoms with Crippen molar-refractivity contribution in [3.8, 4) is 0 Å². The third kappa shape index (κ3) is 3.96. The van der Waals surface area contributed by atoms with Crippen LogP contribution in [-0.2, 0) is 7.53 Å². The van der Waals surface area contributed by atoms with E-state index in [-0.39, 0.29) is 0 Å². The fourth-order valence-corrected chi connectivity index (χ4v) is 3.95. The van der Waals surface area contributed by atoms with Gasteiger partial charge in [0.2, 0.25) is 0 Å². The zero-order valence-electron chi connectivity index (χ0n) is 6.35. The van der Waals surface area contributed by atoms with Crippen molar-refractivity contribution in [3.05, 3.63) is 0 Å². The van der Waals surface area contributed by atoms with E-state index >= 15 is 0 Å². The van der Waals surface area contributed by atoms with E-state index in [4.69, 9.17) is 27.5 Å². The number of likely N-dealkylation sites (N-methyl/N-ethyl adjacent to an activating group) is 1. The first-order chi connectivity index (χ1) is 5.10. The SMILES string of the molecule is CN1CC[O][Ge]([Cl])([Cl])[O]CC1. The van der Waals surface area contributed by atoms with Crippen molar-refractivity contribution in [2.75, 3.05) is 33.4 Å². The second-order valence-electron chi connectivity index (χ2n) is 2.46. The second-order valence-corrected chi connectivity index (χ2v) is 11.8. The summed E-state index contributed by atoms with van der Waals surface area (Å²) in [6.45, 7) is 2.89. The Morgan fingerprint density at radius 2 is 1.64 bits per heavy atom. The van der Waals surface area contributed by atoms with E-state index < -0.39 is 12.1 Å². The van der Waals surface area contributed by atoms with E-state index in [2.05, 4.69) is 4.90 Å². The van der Waals surface area contributed by atoms with Gasteiger partial charge in [-0.15, -0.1) is 0 Å². The van der Waals surface area contributed by atoms with Gasteiger partial charge in [-0.2, -0.15) is 0 Å². The Morgan fingerprint density at radius 3 is 2.09 bits per heavy atom. The molecule has 1 heterocycles. The molecule has 0 amide bonds. The van der Waals surface area contributed by atoms with Gasteiger partial charge in [0.25, 0.3) is 0 Å². The van der Waals surface area contributed by atoms with E-state index in [1.165, 1.54) is 0 Å². The van der Waals surface area contributed by atoms with Crippen molar-refractivity contribution in [2.45, 2.75) is 0 Å². The first kappa shape index (κ1) is 10.1. The monoisotopic (exact) mass is 261 g/mol. The van der Waals surface area contributed by atoms with E-state index in [1.807, 2.05) is 7.05 Å². The summed E-state index contributed by atoms with van der Waals surface area (Å²) >= 11 is -3.25. The Labute approximate surface area is 78.0 Å². The van der Waals surface area contributed by atoms with Crippen molar-refractivity contribution < 1.29 is 7.53 Å². The first-order valence-electron chi connectivity index (χ1n) is 3.44. The molecule has 0 spiro atoms. The minimum atomic E-state index is -3.25. The Morgan fingerprint density at radius 1 is 1.18 bits per heavy atom. The van der Waals surface area contributed by atoms with Gasteiger partial charge in [0.05, 0.1) is 0 Å². The molecule has 11 heavy (non-hydrogen) atoms. The van der Waals surface area contributed by atoms with Crippen molar-refractivity contribution in [1.29, 1.82) is 0 Å². The molecule has 0 aromatic rings. The van der Waals surface area contributed by atoms with Crippen LogP contribution in [0.3, 0.4) is 0 Å². The molecular formula is C5H11Cl2GeNO2. The molecule has 1 aliphatic rings. The van der Waals surface area contributed by atoms with E-state index in [0.29, 0.717) is 13.2 Å². The molecular weight excluding hydrogens is 250 g/mol. The van der Waals surface area contributed by atoms with Gasteiger partial charge in [0.15, 0.2) is 0 Å². The third-order valence-corrected chi connectivity index (χ3v) is 6.02. The number of halogens is 2. The van der Waals surface area contributed by atoms with Crippen LogP contribution in [0.1, 0.15) is 0 Å². The van der Waals surface area contributed by atoms with Gasteiger partial charge >= 0.3 is 77.9 Å². The Bertz CT molecular complexity index is 124. The predicted molar refractivity (Wildman–Crippen MR) is 46.9 cm³/mol. The van der Waals surface area contributed by atoms with E-state index in [0.717, 1.165) is 13.1 Å². The zero-order valence-corrected chi connectivity index (χ0v) is 9.96. The molecule has 1 aliphatic heterocycles. The van der Waals surface area contributed by atoms with Crippen LogP contribution < -0.4 is 0 Å². The molecule has 0 N–H and O–H groups in total. The van der Waals surface area contributed by atoms with Gasteiger partial charge in [-0.05, 0) is 0 Å². The summed E-state index contributed by atoms with van der Waals surface area (Å²) in [6.07, 6.45) is 0. The fourth-order valence-electron chi connectivity index (χ4n) is 0.794. The molecule has 0 atom stereocenters. The van der Waals surface area contributed by atoms with Crippen molar-refractivity contribution in [1.82, 2.24) is 4.90 Å². The predicted octanol–water partition coefficient (Wildman–Crippen LogP) is 0.878. The summed E-state index contributed by atoms with van der Waals surface area (Å²) in [6, 6.07) is 0. The van der Waals surface area contributed by atoms with Gasteiger partial charge in [-0.3, -0.25) is 0 Å². The van der Waals surface area contributed by atoms with E-state index in [9.17, 15) is 0 Å². The summed E-state index contributed by atoms with van der Waals surface area (Å²) in [5.74, 6) is 0. The van der Waals surface area contributed by atoms with Crippen LogP contribution in [0.4, 0.5) is 0 Å². The quantitative estimate of drug-likeness (QED) is 0.604. The molecule has 0 aromatic heterocycles. The van der Waals surface area contributed by atoms with Crippen LogP contribution in [0.5, 0.6) is 0 Å². The van der Waals surface area contributed by atoms with Crippen LogP contribution in [-0.4, -0.2) is 50.3 Å². The summed E-state index contributed by atoms with van der Waals surface area (Å²) < 4.78 is 10.4. The second kappa shape index (κ2) is 4.30. The Kier molecular flexibility index (Phi) is 3.94. The molecule has 66 valence electrons. The van der Waals surface area contributed by atoms with Crippen LogP contribution in [0.15, 0.2) is 0 Å². The van der Waals surface area contributed by atoms with Crippen molar-refractivity contribution in [2.24, 2.45) is 0 Å².